The van der Waals surface area contributed by atoms with Gasteiger partial charge in [-0.1, -0.05) is 36.4 Å². The number of amides is 2. The van der Waals surface area contributed by atoms with Gasteiger partial charge in [-0.3, -0.25) is 4.84 Å². The molecule has 31 heavy (non-hydrogen) atoms. The lowest BCUT2D eigenvalue weighted by Gasteiger charge is -2.23. The minimum absolute atomic E-state index is 0.0583. The molecule has 8 nitrogen and oxygen atoms in total. The van der Waals surface area contributed by atoms with Gasteiger partial charge in [-0.05, 0) is 35.4 Å². The first-order valence-electron chi connectivity index (χ1n) is 9.78. The van der Waals surface area contributed by atoms with Gasteiger partial charge in [0.1, 0.15) is 5.82 Å². The van der Waals surface area contributed by atoms with Crippen molar-refractivity contribution in [2.24, 2.45) is 0 Å². The molecule has 9 heteroatoms. The molecule has 1 aliphatic heterocycles. The number of nitrogens with two attached hydrogens (primary N) is 1. The van der Waals surface area contributed by atoms with Crippen molar-refractivity contribution >= 4 is 23.3 Å². The molecular weight excluding hydrogens is 399 g/mol. The average molecular weight is 418 g/mol. The molecule has 0 bridgehead atoms. The highest BCUT2D eigenvalue weighted by Gasteiger charge is 2.32. The van der Waals surface area contributed by atoms with E-state index in [0.717, 1.165) is 11.1 Å². The van der Waals surface area contributed by atoms with Crippen molar-refractivity contribution in [3.05, 3.63) is 78.2 Å². The van der Waals surface area contributed by atoms with Crippen molar-refractivity contribution in [2.75, 3.05) is 17.7 Å². The van der Waals surface area contributed by atoms with Crippen LogP contribution in [0, 0.1) is 5.82 Å². The van der Waals surface area contributed by atoms with E-state index >= 15 is 0 Å². The first-order chi connectivity index (χ1) is 15.1. The maximum atomic E-state index is 14.5. The molecule has 2 amide bonds. The van der Waals surface area contributed by atoms with Crippen LogP contribution in [0.1, 0.15) is 18.0 Å². The Morgan fingerprint density at radius 3 is 2.77 bits per heavy atom. The summed E-state index contributed by atoms with van der Waals surface area (Å²) in [7, 11) is 0. The summed E-state index contributed by atoms with van der Waals surface area (Å²) in [5.74, 6) is -0.374. The quantitative estimate of drug-likeness (QED) is 0.524. The lowest BCUT2D eigenvalue weighted by molar-refractivity contribution is -0.0830. The number of nitrogens with zero attached hydrogens (tertiary/aromatic N) is 4. The van der Waals surface area contributed by atoms with Crippen molar-refractivity contribution in [1.82, 2.24) is 19.7 Å². The highest BCUT2D eigenvalue weighted by atomic mass is 19.1. The molecule has 0 radical (unpaired) electrons. The van der Waals surface area contributed by atoms with Gasteiger partial charge in [-0.2, -0.15) is 10.0 Å². The number of urea groups is 1. The number of hydrogen-bond donors (Lipinski definition) is 2. The normalized spacial score (nSPS) is 16.0. The summed E-state index contributed by atoms with van der Waals surface area (Å²) in [6.45, 7) is 0.413. The van der Waals surface area contributed by atoms with Crippen LogP contribution in [0.4, 0.5) is 20.8 Å². The predicted molar refractivity (Wildman–Crippen MR) is 113 cm³/mol. The monoisotopic (exact) mass is 418 g/mol. The number of halogens is 1. The van der Waals surface area contributed by atoms with E-state index in [4.69, 9.17) is 10.6 Å². The largest absolute Gasteiger partial charge is 0.366 e. The smallest absolute Gasteiger partial charge is 0.346 e. The zero-order valence-corrected chi connectivity index (χ0v) is 16.4. The standard InChI is InChI=1S/C22H19FN6O2/c23-17-8-6-15(16-7-9-20-26-21(24)27-28(20)13-16)12-18(17)25-22(30)29-19(10-11-31-29)14-4-2-1-3-5-14/h1-9,12-13,19H,10-11H2,(H2,24,27)(H,25,30). The number of pyridine rings is 1. The van der Waals surface area contributed by atoms with Gasteiger partial charge in [0, 0.05) is 18.2 Å². The van der Waals surface area contributed by atoms with Gasteiger partial charge in [0.25, 0.3) is 0 Å². The third-order valence-corrected chi connectivity index (χ3v) is 5.18. The molecule has 0 aliphatic carbocycles. The Labute approximate surface area is 177 Å². The number of anilines is 2. The molecule has 3 heterocycles. The Hall–Kier alpha value is -3.98. The first kappa shape index (κ1) is 19.0. The van der Waals surface area contributed by atoms with Gasteiger partial charge in [0.05, 0.1) is 18.3 Å². The molecule has 5 rings (SSSR count). The van der Waals surface area contributed by atoms with E-state index in [1.165, 1.54) is 11.1 Å². The van der Waals surface area contributed by atoms with Crippen molar-refractivity contribution < 1.29 is 14.0 Å². The summed E-state index contributed by atoms with van der Waals surface area (Å²) in [4.78, 5) is 22.5. The third-order valence-electron chi connectivity index (χ3n) is 5.18. The Balaban J connectivity index is 1.40. The Kier molecular flexibility index (Phi) is 4.72. The second-order valence-electron chi connectivity index (χ2n) is 7.19. The van der Waals surface area contributed by atoms with E-state index in [0.29, 0.717) is 24.2 Å². The number of aromatic nitrogens is 3. The minimum atomic E-state index is -0.543. The van der Waals surface area contributed by atoms with E-state index in [9.17, 15) is 9.18 Å². The van der Waals surface area contributed by atoms with Crippen molar-refractivity contribution in [2.45, 2.75) is 12.5 Å². The highest BCUT2D eigenvalue weighted by molar-refractivity contribution is 5.90. The lowest BCUT2D eigenvalue weighted by Crippen LogP contribution is -2.33. The summed E-state index contributed by atoms with van der Waals surface area (Å²) >= 11 is 0. The average Bonchev–Trinajstić information content (AvgIpc) is 3.41. The number of nitrogens with one attached hydrogen (secondary N) is 1. The number of rotatable bonds is 3. The summed E-state index contributed by atoms with van der Waals surface area (Å²) in [6.07, 6.45) is 2.41. The molecule has 4 aromatic rings. The van der Waals surface area contributed by atoms with Crippen LogP contribution in [-0.4, -0.2) is 32.3 Å². The molecule has 1 fully saturated rings. The number of carbonyl (C=O) groups excluding carboxylic acids is 1. The Morgan fingerprint density at radius 1 is 1.13 bits per heavy atom. The fourth-order valence-corrected chi connectivity index (χ4v) is 3.69. The number of fused-ring (bicyclic) bond motifs is 1. The minimum Gasteiger partial charge on any atom is -0.366 e. The second-order valence-corrected chi connectivity index (χ2v) is 7.19. The summed E-state index contributed by atoms with van der Waals surface area (Å²) in [5, 5.41) is 8.00. The predicted octanol–water partition coefficient (Wildman–Crippen LogP) is 4.03. The first-order valence-corrected chi connectivity index (χ1v) is 9.78. The van der Waals surface area contributed by atoms with Crippen LogP contribution >= 0.6 is 0 Å². The second kappa shape index (κ2) is 7.69. The van der Waals surface area contributed by atoms with Crippen LogP contribution in [-0.2, 0) is 4.84 Å². The summed E-state index contributed by atoms with van der Waals surface area (Å²) in [5.41, 5.74) is 8.74. The number of hydrogen-bond acceptors (Lipinski definition) is 5. The van der Waals surface area contributed by atoms with E-state index in [1.807, 2.05) is 36.4 Å². The lowest BCUT2D eigenvalue weighted by atomic mass is 10.1. The van der Waals surface area contributed by atoms with Gasteiger partial charge < -0.3 is 11.1 Å². The van der Waals surface area contributed by atoms with Crippen LogP contribution in [0.2, 0.25) is 0 Å². The summed E-state index contributed by atoms with van der Waals surface area (Å²) < 4.78 is 16.0. The van der Waals surface area contributed by atoms with E-state index in [-0.39, 0.29) is 17.7 Å². The molecule has 1 aliphatic rings. The maximum absolute atomic E-state index is 14.5. The van der Waals surface area contributed by atoms with E-state index in [1.54, 1.807) is 28.9 Å². The van der Waals surface area contributed by atoms with Crippen molar-refractivity contribution in [3.8, 4) is 11.1 Å². The molecule has 3 N–H and O–H groups in total. The van der Waals surface area contributed by atoms with E-state index < -0.39 is 11.8 Å². The van der Waals surface area contributed by atoms with Crippen LogP contribution < -0.4 is 11.1 Å². The highest BCUT2D eigenvalue weighted by Crippen LogP contribution is 2.31. The molecule has 0 saturated carbocycles. The van der Waals surface area contributed by atoms with Gasteiger partial charge in [-0.15, -0.1) is 5.10 Å². The van der Waals surface area contributed by atoms with Gasteiger partial charge in [-0.25, -0.2) is 13.7 Å². The molecule has 156 valence electrons. The van der Waals surface area contributed by atoms with Crippen LogP contribution in [0.25, 0.3) is 16.8 Å². The molecule has 0 spiro atoms. The van der Waals surface area contributed by atoms with Gasteiger partial charge in [0.2, 0.25) is 5.95 Å². The number of nitrogen functional groups attached to an aromatic ring is 1. The van der Waals surface area contributed by atoms with Crippen LogP contribution in [0.15, 0.2) is 66.9 Å². The zero-order chi connectivity index (χ0) is 21.4. The van der Waals surface area contributed by atoms with Gasteiger partial charge in [0.15, 0.2) is 5.65 Å². The molecule has 1 atom stereocenters. The fourth-order valence-electron chi connectivity index (χ4n) is 3.69. The van der Waals surface area contributed by atoms with Crippen molar-refractivity contribution in [1.29, 1.82) is 0 Å². The third kappa shape index (κ3) is 3.66. The molecular formula is C22H19FN6O2. The molecule has 1 saturated heterocycles. The zero-order valence-electron chi connectivity index (χ0n) is 16.4. The topological polar surface area (TPSA) is 97.8 Å². The Bertz CT molecular complexity index is 1260. The van der Waals surface area contributed by atoms with Gasteiger partial charge >= 0.3 is 6.03 Å². The SMILES string of the molecule is Nc1nc2ccc(-c3ccc(F)c(NC(=O)N4OCCC4c4ccccc4)c3)cn2n1. The van der Waals surface area contributed by atoms with E-state index in [2.05, 4.69) is 15.4 Å². The summed E-state index contributed by atoms with van der Waals surface area (Å²) in [6, 6.07) is 17.0. The fraction of sp³-hybridized carbons (Fsp3) is 0.136. The number of benzene rings is 2. The van der Waals surface area contributed by atoms with Crippen LogP contribution in [0.5, 0.6) is 0 Å². The Morgan fingerprint density at radius 2 is 1.94 bits per heavy atom. The number of carbonyl (C=O) groups is 1. The number of hydroxylamine groups is 2. The molecule has 1 unspecified atom stereocenters. The van der Waals surface area contributed by atoms with Crippen molar-refractivity contribution in [3.63, 3.8) is 0 Å². The molecule has 2 aromatic heterocycles. The maximum Gasteiger partial charge on any atom is 0.346 e. The van der Waals surface area contributed by atoms with Crippen LogP contribution in [0.3, 0.4) is 0 Å². The molecule has 2 aromatic carbocycles.